The summed E-state index contributed by atoms with van der Waals surface area (Å²) >= 11 is 8.86. The number of aromatic nitrogens is 1. The highest BCUT2D eigenvalue weighted by Gasteiger charge is 2.08. The van der Waals surface area contributed by atoms with E-state index in [9.17, 15) is 0 Å². The van der Waals surface area contributed by atoms with Crippen LogP contribution in [0.4, 0.5) is 5.13 Å². The van der Waals surface area contributed by atoms with Gasteiger partial charge in [0.2, 0.25) is 0 Å². The smallest absolute Gasteiger partial charge is 0.185 e. The molecule has 2 aromatic heterocycles. The Hall–Kier alpha value is -1.09. The number of anilines is 1. The summed E-state index contributed by atoms with van der Waals surface area (Å²) in [5.41, 5.74) is 0. The first kappa shape index (κ1) is 12.4. The van der Waals surface area contributed by atoms with E-state index in [1.807, 2.05) is 6.07 Å². The van der Waals surface area contributed by atoms with Gasteiger partial charge in [0, 0.05) is 9.75 Å². The van der Waals surface area contributed by atoms with Crippen LogP contribution in [0.15, 0.2) is 12.1 Å². The van der Waals surface area contributed by atoms with Crippen LogP contribution in [-0.4, -0.2) is 4.98 Å². The zero-order chi connectivity index (χ0) is 12.3. The van der Waals surface area contributed by atoms with Crippen LogP contribution >= 0.6 is 34.3 Å². The third-order valence-electron chi connectivity index (χ3n) is 2.17. The SMILES string of the molecule is CCc1ccc(CNc2nc(Cl)c(C#N)s2)s1. The molecular weight excluding hydrogens is 274 g/mol. The summed E-state index contributed by atoms with van der Waals surface area (Å²) in [5, 5.41) is 12.9. The third kappa shape index (κ3) is 2.97. The van der Waals surface area contributed by atoms with Crippen LogP contribution in [0.2, 0.25) is 5.15 Å². The Morgan fingerprint density at radius 1 is 1.41 bits per heavy atom. The highest BCUT2D eigenvalue weighted by Crippen LogP contribution is 2.26. The standard InChI is InChI=1S/C11H10ClN3S2/c1-2-7-3-4-8(16-7)6-14-11-15-10(12)9(5-13)17-11/h3-4H,2,6H2,1H3,(H,14,15). The number of nitrogens with one attached hydrogen (secondary N) is 1. The van der Waals surface area contributed by atoms with E-state index in [1.165, 1.54) is 21.1 Å². The van der Waals surface area contributed by atoms with Crippen molar-refractivity contribution >= 4 is 39.4 Å². The minimum absolute atomic E-state index is 0.278. The van der Waals surface area contributed by atoms with Gasteiger partial charge < -0.3 is 5.32 Å². The summed E-state index contributed by atoms with van der Waals surface area (Å²) in [4.78, 5) is 7.16. The van der Waals surface area contributed by atoms with E-state index in [-0.39, 0.29) is 5.15 Å². The molecule has 0 atom stereocenters. The number of rotatable bonds is 4. The van der Waals surface area contributed by atoms with Gasteiger partial charge in [-0.1, -0.05) is 29.9 Å². The maximum absolute atomic E-state index is 8.76. The van der Waals surface area contributed by atoms with Crippen molar-refractivity contribution < 1.29 is 0 Å². The Bertz CT molecular complexity index is 553. The summed E-state index contributed by atoms with van der Waals surface area (Å²) in [7, 11) is 0. The largest absolute Gasteiger partial charge is 0.357 e. The highest BCUT2D eigenvalue weighted by atomic mass is 35.5. The van der Waals surface area contributed by atoms with Gasteiger partial charge in [0.25, 0.3) is 0 Å². The van der Waals surface area contributed by atoms with Gasteiger partial charge >= 0.3 is 0 Å². The van der Waals surface area contributed by atoms with Crippen LogP contribution in [0, 0.1) is 11.3 Å². The molecule has 0 radical (unpaired) electrons. The van der Waals surface area contributed by atoms with Crippen molar-refractivity contribution in [3.63, 3.8) is 0 Å². The van der Waals surface area contributed by atoms with Crippen LogP contribution in [-0.2, 0) is 13.0 Å². The Morgan fingerprint density at radius 2 is 2.18 bits per heavy atom. The van der Waals surface area contributed by atoms with Gasteiger partial charge in [-0.15, -0.1) is 11.3 Å². The van der Waals surface area contributed by atoms with Crippen molar-refractivity contribution in [2.24, 2.45) is 0 Å². The zero-order valence-corrected chi connectivity index (χ0v) is 11.5. The average Bonchev–Trinajstić information content (AvgIpc) is 2.92. The summed E-state index contributed by atoms with van der Waals surface area (Å²) in [6.07, 6.45) is 1.06. The average molecular weight is 284 g/mol. The topological polar surface area (TPSA) is 48.7 Å². The number of nitrogens with zero attached hydrogens (tertiary/aromatic N) is 2. The Labute approximate surface area is 113 Å². The number of halogens is 1. The van der Waals surface area contributed by atoms with Crippen LogP contribution in [0.3, 0.4) is 0 Å². The fraction of sp³-hybridized carbons (Fsp3) is 0.273. The van der Waals surface area contributed by atoms with E-state index in [0.717, 1.165) is 13.0 Å². The maximum atomic E-state index is 8.76. The zero-order valence-electron chi connectivity index (χ0n) is 9.16. The molecule has 6 heteroatoms. The first-order valence-corrected chi connectivity index (χ1v) is 7.12. The van der Waals surface area contributed by atoms with Crippen molar-refractivity contribution in [2.45, 2.75) is 19.9 Å². The molecule has 0 fully saturated rings. The molecule has 2 heterocycles. The lowest BCUT2D eigenvalue weighted by Crippen LogP contribution is -1.96. The van der Waals surface area contributed by atoms with E-state index < -0.39 is 0 Å². The number of hydrogen-bond acceptors (Lipinski definition) is 5. The molecule has 3 nitrogen and oxygen atoms in total. The molecular formula is C11H10ClN3S2. The molecule has 0 aliphatic carbocycles. The number of nitriles is 1. The molecule has 2 aromatic rings. The first-order chi connectivity index (χ1) is 8.22. The lowest BCUT2D eigenvalue weighted by Gasteiger charge is -1.98. The molecule has 0 aliphatic rings. The molecule has 0 aliphatic heterocycles. The molecule has 0 aromatic carbocycles. The van der Waals surface area contributed by atoms with Crippen molar-refractivity contribution in [1.29, 1.82) is 5.26 Å². The van der Waals surface area contributed by atoms with Gasteiger partial charge in [0.05, 0.1) is 6.54 Å². The number of aryl methyl sites for hydroxylation is 1. The fourth-order valence-electron chi connectivity index (χ4n) is 1.32. The van der Waals surface area contributed by atoms with E-state index in [2.05, 4.69) is 29.4 Å². The molecule has 17 heavy (non-hydrogen) atoms. The Kier molecular flexibility index (Phi) is 4.00. The lowest BCUT2D eigenvalue weighted by atomic mass is 10.4. The summed E-state index contributed by atoms with van der Waals surface area (Å²) < 4.78 is 0. The Morgan fingerprint density at radius 3 is 2.76 bits per heavy atom. The van der Waals surface area contributed by atoms with Gasteiger partial charge in [-0.25, -0.2) is 4.98 Å². The molecule has 88 valence electrons. The second-order valence-electron chi connectivity index (χ2n) is 3.33. The summed E-state index contributed by atoms with van der Waals surface area (Å²) in [6.45, 7) is 2.86. The molecule has 0 saturated heterocycles. The lowest BCUT2D eigenvalue weighted by molar-refractivity contribution is 1.17. The van der Waals surface area contributed by atoms with Crippen LogP contribution < -0.4 is 5.32 Å². The first-order valence-electron chi connectivity index (χ1n) is 5.10. The molecule has 0 spiro atoms. The molecule has 2 rings (SSSR count). The minimum atomic E-state index is 0.278. The highest BCUT2D eigenvalue weighted by molar-refractivity contribution is 7.16. The van der Waals surface area contributed by atoms with Crippen molar-refractivity contribution in [1.82, 2.24) is 4.98 Å². The van der Waals surface area contributed by atoms with E-state index >= 15 is 0 Å². The van der Waals surface area contributed by atoms with Crippen molar-refractivity contribution in [3.8, 4) is 6.07 Å². The molecule has 0 saturated carbocycles. The number of thiophene rings is 1. The summed E-state index contributed by atoms with van der Waals surface area (Å²) in [6, 6.07) is 6.26. The predicted molar refractivity (Wildman–Crippen MR) is 72.9 cm³/mol. The fourth-order valence-corrected chi connectivity index (χ4v) is 3.16. The molecule has 0 unspecified atom stereocenters. The third-order valence-corrected chi connectivity index (χ3v) is 4.70. The van der Waals surface area contributed by atoms with Crippen molar-refractivity contribution in [2.75, 3.05) is 5.32 Å². The second kappa shape index (κ2) is 5.50. The molecule has 0 bridgehead atoms. The summed E-state index contributed by atoms with van der Waals surface area (Å²) in [5.74, 6) is 0. The molecule has 0 amide bonds. The van der Waals surface area contributed by atoms with E-state index in [4.69, 9.17) is 16.9 Å². The van der Waals surface area contributed by atoms with E-state index in [1.54, 1.807) is 11.3 Å². The normalized spacial score (nSPS) is 10.2. The number of thiazole rings is 1. The van der Waals surface area contributed by atoms with Gasteiger partial charge in [0.1, 0.15) is 10.9 Å². The molecule has 1 N–H and O–H groups in total. The van der Waals surface area contributed by atoms with Gasteiger partial charge in [0.15, 0.2) is 10.3 Å². The Balaban J connectivity index is 2.00. The van der Waals surface area contributed by atoms with Gasteiger partial charge in [-0.05, 0) is 18.6 Å². The van der Waals surface area contributed by atoms with Crippen LogP contribution in [0.25, 0.3) is 0 Å². The van der Waals surface area contributed by atoms with Crippen molar-refractivity contribution in [3.05, 3.63) is 31.9 Å². The van der Waals surface area contributed by atoms with Gasteiger partial charge in [-0.3, -0.25) is 0 Å². The second-order valence-corrected chi connectivity index (χ2v) is 5.94. The monoisotopic (exact) mass is 283 g/mol. The van der Waals surface area contributed by atoms with Gasteiger partial charge in [-0.2, -0.15) is 5.26 Å². The van der Waals surface area contributed by atoms with E-state index in [0.29, 0.717) is 10.0 Å². The number of hydrogen-bond donors (Lipinski definition) is 1. The van der Waals surface area contributed by atoms with Crippen LogP contribution in [0.1, 0.15) is 21.6 Å². The van der Waals surface area contributed by atoms with Crippen LogP contribution in [0.5, 0.6) is 0 Å². The minimum Gasteiger partial charge on any atom is -0.357 e. The quantitative estimate of drug-likeness (QED) is 0.926. The maximum Gasteiger partial charge on any atom is 0.185 e. The predicted octanol–water partition coefficient (Wildman–Crippen LogP) is 3.90.